The molecule has 164 valence electrons. The molecular weight excluding hydrogens is 465 g/mol. The quantitative estimate of drug-likeness (QED) is 0.598. The van der Waals surface area contributed by atoms with Crippen molar-refractivity contribution < 1.29 is 4.74 Å². The van der Waals surface area contributed by atoms with Gasteiger partial charge in [0.15, 0.2) is 4.47 Å². The zero-order chi connectivity index (χ0) is 21.1. The Bertz CT molecular complexity index is 924. The summed E-state index contributed by atoms with van der Waals surface area (Å²) in [5.41, 5.74) is 0.377. The topological polar surface area (TPSA) is 72.3 Å². The van der Waals surface area contributed by atoms with Gasteiger partial charge >= 0.3 is 0 Å². The maximum absolute atomic E-state index is 12.8. The Kier molecular flexibility index (Phi) is 7.59. The minimum absolute atomic E-state index is 0.0489. The summed E-state index contributed by atoms with van der Waals surface area (Å²) in [6.45, 7) is 6.04. The summed E-state index contributed by atoms with van der Waals surface area (Å²) < 4.78 is 9.89. The molecule has 4 heterocycles. The van der Waals surface area contributed by atoms with Gasteiger partial charge in [-0.15, -0.1) is 11.3 Å². The highest BCUT2D eigenvalue weighted by Gasteiger charge is 2.25. The molecule has 30 heavy (non-hydrogen) atoms. The molecule has 0 spiro atoms. The number of anilines is 1. The third-order valence-electron chi connectivity index (χ3n) is 5.49. The number of nitrogens with zero attached hydrogens (tertiary/aromatic N) is 4. The molecule has 0 bridgehead atoms. The van der Waals surface area contributed by atoms with Crippen LogP contribution in [0.1, 0.15) is 36.6 Å². The SMILES string of the molecule is Cc1sc(Cl)nc1SN1CCC(n2ncc(NCC3CCCOC3)c(Cl)c2=O)CC1. The summed E-state index contributed by atoms with van der Waals surface area (Å²) in [7, 11) is 0. The second kappa shape index (κ2) is 10.2. The molecule has 1 N–H and O–H groups in total. The number of aromatic nitrogens is 3. The third-order valence-corrected chi connectivity index (χ3v) is 8.26. The number of halogens is 2. The highest BCUT2D eigenvalue weighted by molar-refractivity contribution is 7.97. The van der Waals surface area contributed by atoms with E-state index in [1.165, 1.54) is 11.3 Å². The Morgan fingerprint density at radius 2 is 2.13 bits per heavy atom. The Morgan fingerprint density at radius 3 is 2.80 bits per heavy atom. The predicted molar refractivity (Wildman–Crippen MR) is 123 cm³/mol. The van der Waals surface area contributed by atoms with Gasteiger partial charge in [-0.3, -0.25) is 4.79 Å². The van der Waals surface area contributed by atoms with Crippen LogP contribution >= 0.6 is 46.5 Å². The molecule has 2 saturated heterocycles. The molecule has 2 aromatic rings. The van der Waals surface area contributed by atoms with Crippen molar-refractivity contribution in [2.24, 2.45) is 5.92 Å². The van der Waals surface area contributed by atoms with Crippen LogP contribution in [0.4, 0.5) is 5.69 Å². The number of hydrogen-bond acceptors (Lipinski definition) is 8. The highest BCUT2D eigenvalue weighted by Crippen LogP contribution is 2.34. The van der Waals surface area contributed by atoms with Crippen LogP contribution in [0.3, 0.4) is 0 Å². The second-order valence-corrected chi connectivity index (χ2v) is 10.9. The molecule has 11 heteroatoms. The Balaban J connectivity index is 1.34. The molecule has 1 unspecified atom stereocenters. The molecule has 0 aromatic carbocycles. The Hall–Kier alpha value is -0.840. The molecule has 1 atom stereocenters. The molecule has 2 fully saturated rings. The van der Waals surface area contributed by atoms with Crippen LogP contribution in [0, 0.1) is 12.8 Å². The van der Waals surface area contributed by atoms with Crippen molar-refractivity contribution in [3.63, 3.8) is 0 Å². The average Bonchev–Trinajstić information content (AvgIpc) is 3.07. The van der Waals surface area contributed by atoms with E-state index in [1.807, 2.05) is 6.92 Å². The van der Waals surface area contributed by atoms with Crippen molar-refractivity contribution in [3.05, 3.63) is 30.9 Å². The summed E-state index contributed by atoms with van der Waals surface area (Å²) in [5, 5.41) is 8.88. The number of nitrogens with one attached hydrogen (secondary N) is 1. The monoisotopic (exact) mass is 489 g/mol. The summed E-state index contributed by atoms with van der Waals surface area (Å²) >= 11 is 15.5. The van der Waals surface area contributed by atoms with Crippen molar-refractivity contribution in [2.45, 2.75) is 43.7 Å². The van der Waals surface area contributed by atoms with Crippen LogP contribution in [-0.2, 0) is 4.74 Å². The number of aryl methyl sites for hydroxylation is 1. The van der Waals surface area contributed by atoms with Crippen molar-refractivity contribution in [1.29, 1.82) is 0 Å². The summed E-state index contributed by atoms with van der Waals surface area (Å²) in [4.78, 5) is 18.3. The van der Waals surface area contributed by atoms with Crippen molar-refractivity contribution >= 4 is 52.2 Å². The van der Waals surface area contributed by atoms with Gasteiger partial charge in [0.1, 0.15) is 10.0 Å². The van der Waals surface area contributed by atoms with Gasteiger partial charge in [0.05, 0.1) is 24.5 Å². The van der Waals surface area contributed by atoms with E-state index in [-0.39, 0.29) is 16.6 Å². The minimum atomic E-state index is -0.227. The lowest BCUT2D eigenvalue weighted by molar-refractivity contribution is 0.0595. The number of hydrogen-bond donors (Lipinski definition) is 1. The average molecular weight is 490 g/mol. The zero-order valence-corrected chi connectivity index (χ0v) is 19.9. The van der Waals surface area contributed by atoms with Crippen molar-refractivity contribution in [1.82, 2.24) is 19.1 Å². The van der Waals surface area contributed by atoms with Gasteiger partial charge < -0.3 is 10.1 Å². The Labute approximate surface area is 194 Å². The van der Waals surface area contributed by atoms with Gasteiger partial charge in [0.2, 0.25) is 0 Å². The van der Waals surface area contributed by atoms with Crippen LogP contribution in [0.2, 0.25) is 9.49 Å². The lowest BCUT2D eigenvalue weighted by atomic mass is 10.0. The molecule has 2 aromatic heterocycles. The molecule has 2 aliphatic heterocycles. The van der Waals surface area contributed by atoms with Crippen LogP contribution in [0.15, 0.2) is 16.0 Å². The van der Waals surface area contributed by atoms with Gasteiger partial charge in [0.25, 0.3) is 5.56 Å². The molecule has 0 saturated carbocycles. The van der Waals surface area contributed by atoms with E-state index in [9.17, 15) is 4.79 Å². The van der Waals surface area contributed by atoms with Gasteiger partial charge in [-0.05, 0) is 50.5 Å². The van der Waals surface area contributed by atoms with E-state index in [4.69, 9.17) is 27.9 Å². The van der Waals surface area contributed by atoms with Gasteiger partial charge in [0, 0.05) is 31.1 Å². The number of ether oxygens (including phenoxy) is 1. The van der Waals surface area contributed by atoms with E-state index in [0.717, 1.165) is 68.4 Å². The van der Waals surface area contributed by atoms with E-state index < -0.39 is 0 Å². The first-order chi connectivity index (χ1) is 14.5. The molecule has 0 radical (unpaired) electrons. The fraction of sp³-hybridized carbons (Fsp3) is 0.632. The van der Waals surface area contributed by atoms with E-state index in [1.54, 1.807) is 22.8 Å². The molecular formula is C19H25Cl2N5O2S2. The second-order valence-electron chi connectivity index (χ2n) is 7.67. The van der Waals surface area contributed by atoms with Gasteiger partial charge in [-0.1, -0.05) is 23.2 Å². The lowest BCUT2D eigenvalue weighted by Gasteiger charge is -2.31. The standard InChI is InChI=1S/C19H25Cl2N5O2S2/c1-12-17(24-19(21)29-12)30-25-6-4-14(5-7-25)26-18(27)16(20)15(10-23-26)22-9-13-3-2-8-28-11-13/h10,13-14,22H,2-9,11H2,1H3. The maximum atomic E-state index is 12.8. The van der Waals surface area contributed by atoms with Crippen molar-refractivity contribution in [2.75, 3.05) is 38.2 Å². The van der Waals surface area contributed by atoms with Gasteiger partial charge in [-0.25, -0.2) is 14.0 Å². The van der Waals surface area contributed by atoms with Gasteiger partial charge in [-0.2, -0.15) is 5.10 Å². The van der Waals surface area contributed by atoms with Crippen LogP contribution < -0.4 is 10.9 Å². The summed E-state index contributed by atoms with van der Waals surface area (Å²) in [6.07, 6.45) is 5.54. The van der Waals surface area contributed by atoms with E-state index in [0.29, 0.717) is 16.1 Å². The molecule has 7 nitrogen and oxygen atoms in total. The third kappa shape index (κ3) is 5.31. The lowest BCUT2D eigenvalue weighted by Crippen LogP contribution is -2.36. The zero-order valence-electron chi connectivity index (χ0n) is 16.8. The normalized spacial score (nSPS) is 21.1. The largest absolute Gasteiger partial charge is 0.382 e. The fourth-order valence-corrected chi connectivity index (χ4v) is 6.19. The molecule has 2 aliphatic rings. The Morgan fingerprint density at radius 1 is 1.33 bits per heavy atom. The van der Waals surface area contributed by atoms with Crippen LogP contribution in [-0.4, -0.2) is 51.9 Å². The molecule has 0 aliphatic carbocycles. The summed E-state index contributed by atoms with van der Waals surface area (Å²) in [6, 6.07) is 0.0489. The van der Waals surface area contributed by atoms with E-state index in [2.05, 4.69) is 19.7 Å². The first kappa shape index (κ1) is 22.4. The van der Waals surface area contributed by atoms with Crippen LogP contribution in [0.25, 0.3) is 0 Å². The maximum Gasteiger partial charge on any atom is 0.287 e. The number of piperidine rings is 1. The van der Waals surface area contributed by atoms with E-state index >= 15 is 0 Å². The first-order valence-electron chi connectivity index (χ1n) is 10.2. The molecule has 0 amide bonds. The summed E-state index contributed by atoms with van der Waals surface area (Å²) in [5.74, 6) is 0.440. The number of rotatable bonds is 6. The first-order valence-corrected chi connectivity index (χ1v) is 12.5. The predicted octanol–water partition coefficient (Wildman–Crippen LogP) is 4.50. The molecule has 4 rings (SSSR count). The fourth-order valence-electron chi connectivity index (χ4n) is 3.79. The minimum Gasteiger partial charge on any atom is -0.382 e. The highest BCUT2D eigenvalue weighted by atomic mass is 35.5. The van der Waals surface area contributed by atoms with Crippen molar-refractivity contribution in [3.8, 4) is 0 Å². The van der Waals surface area contributed by atoms with Crippen LogP contribution in [0.5, 0.6) is 0 Å². The number of thiazole rings is 1. The smallest absolute Gasteiger partial charge is 0.287 e.